The summed E-state index contributed by atoms with van der Waals surface area (Å²) in [6, 6.07) is 0. The monoisotopic (exact) mass is 620 g/mol. The fraction of sp³-hybridized carbons (Fsp3) is 0.944. The second-order valence-electron chi connectivity index (χ2n) is 5.63. The van der Waals surface area contributed by atoms with Gasteiger partial charge in [-0.1, -0.05) is 18.7 Å². The summed E-state index contributed by atoms with van der Waals surface area (Å²) in [5, 5.41) is 14.3. The van der Waals surface area contributed by atoms with Gasteiger partial charge in [0.25, 0.3) is 0 Å². The minimum absolute atomic E-state index is 0.165. The van der Waals surface area contributed by atoms with Crippen LogP contribution in [0.5, 0.6) is 0 Å². The van der Waals surface area contributed by atoms with Gasteiger partial charge in [-0.25, -0.2) is 0 Å². The van der Waals surface area contributed by atoms with Crippen LogP contribution < -0.4 is 0 Å². The Labute approximate surface area is 230 Å². The molecule has 0 aromatic heterocycles. The van der Waals surface area contributed by atoms with Gasteiger partial charge >= 0.3 is 0 Å². The molecule has 0 fully saturated rings. The Morgan fingerprint density at radius 2 is 1.32 bits per heavy atom. The van der Waals surface area contributed by atoms with Crippen molar-refractivity contribution in [3.63, 3.8) is 0 Å². The van der Waals surface area contributed by atoms with Crippen molar-refractivity contribution in [1.29, 1.82) is 0 Å². The maximum absolute atomic E-state index is 11.9. The Kier molecular flexibility index (Phi) is 31.9. The molecule has 1 N–H and O–H groups in total. The fourth-order valence-corrected chi connectivity index (χ4v) is 12.9. The van der Waals surface area contributed by atoms with Gasteiger partial charge in [0.2, 0.25) is 0 Å². The Morgan fingerprint density at radius 3 is 2.03 bits per heavy atom. The van der Waals surface area contributed by atoms with Crippen molar-refractivity contribution in [2.75, 3.05) is 77.4 Å². The van der Waals surface area contributed by atoms with E-state index in [4.69, 9.17) is 5.11 Å². The summed E-state index contributed by atoms with van der Waals surface area (Å²) in [4.78, 5) is 11.9. The predicted octanol–water partition coefficient (Wildman–Crippen LogP) is 6.40. The molecule has 186 valence electrons. The van der Waals surface area contributed by atoms with Crippen LogP contribution in [0.4, 0.5) is 0 Å². The molecule has 0 radical (unpaired) electrons. The topological polar surface area (TPSA) is 54.4 Å². The lowest BCUT2D eigenvalue weighted by atomic mass is 10.5. The average molecular weight is 621 g/mol. The van der Waals surface area contributed by atoms with Crippen molar-refractivity contribution >= 4 is 122 Å². The lowest BCUT2D eigenvalue weighted by Crippen LogP contribution is -2.05. The number of hydrogen-bond acceptors (Lipinski definition) is 12. The van der Waals surface area contributed by atoms with Crippen LogP contribution in [0.1, 0.15) is 19.8 Å². The van der Waals surface area contributed by atoms with Crippen molar-refractivity contribution < 1.29 is 14.1 Å². The van der Waals surface area contributed by atoms with Crippen LogP contribution in [0.15, 0.2) is 0 Å². The van der Waals surface area contributed by atoms with Gasteiger partial charge in [0.15, 0.2) is 5.12 Å². The highest BCUT2D eigenvalue weighted by molar-refractivity contribution is 8.23. The largest absolute Gasteiger partial charge is 0.386 e. The molecule has 0 aromatic rings. The Balaban J connectivity index is 3.23. The summed E-state index contributed by atoms with van der Waals surface area (Å²) in [5.41, 5.74) is 0. The normalized spacial score (nSPS) is 12.3. The predicted molar refractivity (Wildman–Crippen MR) is 167 cm³/mol. The quantitative estimate of drug-likeness (QED) is 0.0908. The van der Waals surface area contributed by atoms with E-state index >= 15 is 0 Å². The Hall–Kier alpha value is 2.93. The molecule has 0 aliphatic heterocycles. The van der Waals surface area contributed by atoms with Crippen LogP contribution in [-0.2, 0) is 15.6 Å². The second kappa shape index (κ2) is 29.2. The van der Waals surface area contributed by atoms with Crippen LogP contribution in [0.2, 0.25) is 0 Å². The second-order valence-corrected chi connectivity index (χ2v) is 18.9. The third-order valence-electron chi connectivity index (χ3n) is 3.19. The first kappa shape index (κ1) is 33.9. The van der Waals surface area contributed by atoms with Gasteiger partial charge in [0.05, 0.1) is 5.94 Å². The molecular formula is C18H36O3S10. The number of aliphatic hydroxyl groups is 1. The summed E-state index contributed by atoms with van der Waals surface area (Å²) >= 11 is 16.3. The summed E-state index contributed by atoms with van der Waals surface area (Å²) in [7, 11) is -0.702. The van der Waals surface area contributed by atoms with E-state index in [1.807, 2.05) is 70.6 Å². The zero-order chi connectivity index (χ0) is 22.8. The molecule has 1 atom stereocenters. The molecule has 0 saturated heterocycles. The summed E-state index contributed by atoms with van der Waals surface area (Å²) in [5.74, 6) is 7.83. The first-order valence-corrected chi connectivity index (χ1v) is 21.6. The van der Waals surface area contributed by atoms with E-state index in [1.165, 1.54) is 34.4 Å². The maximum atomic E-state index is 11.9. The van der Waals surface area contributed by atoms with Gasteiger partial charge in [-0.2, -0.15) is 58.8 Å². The molecule has 31 heavy (non-hydrogen) atoms. The van der Waals surface area contributed by atoms with Gasteiger partial charge in [-0.3, -0.25) is 9.00 Å². The molecule has 0 bridgehead atoms. The summed E-state index contributed by atoms with van der Waals surface area (Å²) < 4.78 is 11.9. The molecule has 0 heterocycles. The number of aliphatic hydroxyl groups excluding tert-OH is 1. The van der Waals surface area contributed by atoms with Gasteiger partial charge in [-0.15, -0.1) is 35.3 Å². The summed E-state index contributed by atoms with van der Waals surface area (Å²) in [6.07, 6.45) is 1.69. The molecule has 0 aliphatic rings. The highest BCUT2D eigenvalue weighted by Gasteiger charge is 2.03. The lowest BCUT2D eigenvalue weighted by Gasteiger charge is -2.04. The van der Waals surface area contributed by atoms with Crippen LogP contribution >= 0.6 is 106 Å². The first-order valence-electron chi connectivity index (χ1n) is 9.94. The van der Waals surface area contributed by atoms with Gasteiger partial charge in [0.1, 0.15) is 0 Å². The maximum Gasteiger partial charge on any atom is 0.189 e. The zero-order valence-electron chi connectivity index (χ0n) is 18.2. The van der Waals surface area contributed by atoms with Crippen LogP contribution in [0.25, 0.3) is 0 Å². The molecule has 0 aliphatic carbocycles. The van der Waals surface area contributed by atoms with Crippen molar-refractivity contribution in [1.82, 2.24) is 0 Å². The molecule has 13 heteroatoms. The van der Waals surface area contributed by atoms with Crippen molar-refractivity contribution in [2.45, 2.75) is 19.8 Å². The van der Waals surface area contributed by atoms with E-state index in [0.717, 1.165) is 67.0 Å². The third-order valence-corrected chi connectivity index (χ3v) is 15.4. The van der Waals surface area contributed by atoms with E-state index in [2.05, 4.69) is 6.92 Å². The Bertz CT molecular complexity index is 418. The standard InChI is InChI=1S/C18H36O3S10/c1-2-22-13-28-17-25-7-8-30-18(20)4-6-24-16-29-15-23-5-3-10-31(21)11-9-26-14-27-12-19/h19H,2-17H2,1H3. The van der Waals surface area contributed by atoms with Gasteiger partial charge < -0.3 is 5.11 Å². The van der Waals surface area contributed by atoms with E-state index in [-0.39, 0.29) is 5.94 Å². The van der Waals surface area contributed by atoms with E-state index < -0.39 is 10.8 Å². The molecule has 0 aromatic carbocycles. The van der Waals surface area contributed by atoms with E-state index in [0.29, 0.717) is 11.5 Å². The Morgan fingerprint density at radius 1 is 0.710 bits per heavy atom. The van der Waals surface area contributed by atoms with Crippen LogP contribution in [-0.4, -0.2) is 91.8 Å². The molecule has 0 saturated carbocycles. The van der Waals surface area contributed by atoms with Crippen molar-refractivity contribution in [3.05, 3.63) is 0 Å². The van der Waals surface area contributed by atoms with Crippen LogP contribution in [0, 0.1) is 0 Å². The number of thioether (sulfide) groups is 9. The molecule has 0 spiro atoms. The lowest BCUT2D eigenvalue weighted by molar-refractivity contribution is -0.110. The number of carbonyl (C=O) groups is 1. The molecule has 3 nitrogen and oxygen atoms in total. The summed E-state index contributed by atoms with van der Waals surface area (Å²) in [6.45, 7) is 2.19. The first-order chi connectivity index (χ1) is 15.2. The zero-order valence-corrected chi connectivity index (χ0v) is 26.3. The highest BCUT2D eigenvalue weighted by Crippen LogP contribution is 2.21. The van der Waals surface area contributed by atoms with E-state index in [1.54, 1.807) is 11.8 Å². The number of hydrogen-bond donors (Lipinski definition) is 1. The van der Waals surface area contributed by atoms with E-state index in [9.17, 15) is 9.00 Å². The fourth-order valence-electron chi connectivity index (χ4n) is 1.74. The van der Waals surface area contributed by atoms with Crippen LogP contribution in [0.3, 0.4) is 0 Å². The van der Waals surface area contributed by atoms with Gasteiger partial charge in [-0.05, 0) is 17.9 Å². The van der Waals surface area contributed by atoms with Gasteiger partial charge in [0, 0.05) is 77.2 Å². The molecule has 0 rings (SSSR count). The number of rotatable bonds is 25. The number of carbonyl (C=O) groups excluding carboxylic acids is 1. The van der Waals surface area contributed by atoms with Crippen molar-refractivity contribution in [2.24, 2.45) is 0 Å². The van der Waals surface area contributed by atoms with Crippen molar-refractivity contribution in [3.8, 4) is 0 Å². The molecule has 1 unspecified atom stereocenters. The minimum Gasteiger partial charge on any atom is -0.386 e. The molecule has 0 amide bonds. The molecular weight excluding hydrogens is 585 g/mol. The smallest absolute Gasteiger partial charge is 0.189 e. The minimum atomic E-state index is -0.702. The average Bonchev–Trinajstić information content (AvgIpc) is 2.76. The highest BCUT2D eigenvalue weighted by atomic mass is 32.2. The third kappa shape index (κ3) is 29.1. The SMILES string of the molecule is CCSCSCSCCSC(=O)CCSCSCSCCCS(=O)CCSCSCO.